The Morgan fingerprint density at radius 3 is 2.62 bits per heavy atom. The first-order valence-corrected chi connectivity index (χ1v) is 5.08. The van der Waals surface area contributed by atoms with Crippen molar-refractivity contribution in [2.45, 2.75) is 39.0 Å². The van der Waals surface area contributed by atoms with Gasteiger partial charge in [-0.15, -0.1) is 0 Å². The second kappa shape index (κ2) is 9.52. The van der Waals surface area contributed by atoms with Gasteiger partial charge in [0.05, 0.1) is 7.11 Å². The minimum absolute atomic E-state index is 0.0958. The van der Waals surface area contributed by atoms with Crippen molar-refractivity contribution in [3.8, 4) is 0 Å². The van der Waals surface area contributed by atoms with E-state index >= 15 is 0 Å². The van der Waals surface area contributed by atoms with E-state index in [4.69, 9.17) is 0 Å². The SMILES string of the molecule is CCCNCCCCCC(=O)OC. The van der Waals surface area contributed by atoms with Crippen molar-refractivity contribution >= 4 is 5.97 Å². The van der Waals surface area contributed by atoms with E-state index in [0.29, 0.717) is 6.42 Å². The van der Waals surface area contributed by atoms with Crippen LogP contribution in [0.2, 0.25) is 0 Å². The molecule has 0 heterocycles. The maximum atomic E-state index is 10.7. The molecule has 0 aromatic carbocycles. The highest BCUT2D eigenvalue weighted by molar-refractivity contribution is 5.68. The van der Waals surface area contributed by atoms with Gasteiger partial charge in [0.25, 0.3) is 0 Å². The van der Waals surface area contributed by atoms with Gasteiger partial charge in [0.15, 0.2) is 0 Å². The first-order valence-electron chi connectivity index (χ1n) is 5.08. The fourth-order valence-electron chi connectivity index (χ4n) is 1.10. The summed E-state index contributed by atoms with van der Waals surface area (Å²) in [6.07, 6.45) is 4.94. The lowest BCUT2D eigenvalue weighted by Gasteiger charge is -2.02. The third kappa shape index (κ3) is 9.34. The van der Waals surface area contributed by atoms with Crippen molar-refractivity contribution in [2.75, 3.05) is 20.2 Å². The quantitative estimate of drug-likeness (QED) is 0.464. The molecule has 0 aliphatic rings. The minimum atomic E-state index is -0.0958. The van der Waals surface area contributed by atoms with Crippen LogP contribution in [0.3, 0.4) is 0 Å². The zero-order valence-electron chi connectivity index (χ0n) is 8.77. The van der Waals surface area contributed by atoms with E-state index in [1.807, 2.05) is 0 Å². The minimum Gasteiger partial charge on any atom is -0.469 e. The summed E-state index contributed by atoms with van der Waals surface area (Å²) in [6, 6.07) is 0. The number of methoxy groups -OCH3 is 1. The summed E-state index contributed by atoms with van der Waals surface area (Å²) in [4.78, 5) is 10.7. The molecule has 78 valence electrons. The second-order valence-corrected chi connectivity index (χ2v) is 3.14. The van der Waals surface area contributed by atoms with E-state index in [-0.39, 0.29) is 5.97 Å². The van der Waals surface area contributed by atoms with Crippen LogP contribution in [0.5, 0.6) is 0 Å². The zero-order valence-corrected chi connectivity index (χ0v) is 8.77. The molecule has 0 atom stereocenters. The van der Waals surface area contributed by atoms with Crippen molar-refractivity contribution in [1.29, 1.82) is 0 Å². The summed E-state index contributed by atoms with van der Waals surface area (Å²) in [5, 5.41) is 3.32. The fourth-order valence-corrected chi connectivity index (χ4v) is 1.10. The van der Waals surface area contributed by atoms with Gasteiger partial charge in [-0.1, -0.05) is 13.3 Å². The lowest BCUT2D eigenvalue weighted by atomic mass is 10.2. The summed E-state index contributed by atoms with van der Waals surface area (Å²) in [7, 11) is 1.44. The van der Waals surface area contributed by atoms with E-state index in [2.05, 4.69) is 17.0 Å². The van der Waals surface area contributed by atoms with Gasteiger partial charge in [0, 0.05) is 6.42 Å². The molecule has 13 heavy (non-hydrogen) atoms. The largest absolute Gasteiger partial charge is 0.469 e. The number of hydrogen-bond acceptors (Lipinski definition) is 3. The van der Waals surface area contributed by atoms with Crippen LogP contribution < -0.4 is 5.32 Å². The molecular weight excluding hydrogens is 166 g/mol. The number of carbonyl (C=O) groups excluding carboxylic acids is 1. The van der Waals surface area contributed by atoms with E-state index in [0.717, 1.165) is 32.4 Å². The number of nitrogens with one attached hydrogen (secondary N) is 1. The highest BCUT2D eigenvalue weighted by Crippen LogP contribution is 1.99. The Balaban J connectivity index is 2.95. The van der Waals surface area contributed by atoms with E-state index in [1.54, 1.807) is 0 Å². The zero-order chi connectivity index (χ0) is 9.94. The van der Waals surface area contributed by atoms with Crippen molar-refractivity contribution in [2.24, 2.45) is 0 Å². The number of rotatable bonds is 8. The normalized spacial score (nSPS) is 10.0. The Morgan fingerprint density at radius 2 is 2.00 bits per heavy atom. The molecule has 0 bridgehead atoms. The van der Waals surface area contributed by atoms with Crippen LogP contribution in [0.4, 0.5) is 0 Å². The van der Waals surface area contributed by atoms with Gasteiger partial charge in [0.1, 0.15) is 0 Å². The molecule has 0 fully saturated rings. The Kier molecular flexibility index (Phi) is 9.10. The van der Waals surface area contributed by atoms with Gasteiger partial charge in [-0.3, -0.25) is 4.79 Å². The molecule has 0 amide bonds. The molecule has 1 N–H and O–H groups in total. The monoisotopic (exact) mass is 187 g/mol. The third-order valence-corrected chi connectivity index (χ3v) is 1.89. The van der Waals surface area contributed by atoms with E-state index in [9.17, 15) is 4.79 Å². The molecule has 0 aromatic rings. The number of esters is 1. The number of hydrogen-bond donors (Lipinski definition) is 1. The Bertz CT molecular complexity index is 126. The molecule has 0 saturated heterocycles. The predicted molar refractivity (Wildman–Crippen MR) is 53.6 cm³/mol. The number of ether oxygens (including phenoxy) is 1. The highest BCUT2D eigenvalue weighted by atomic mass is 16.5. The van der Waals surface area contributed by atoms with Gasteiger partial charge < -0.3 is 10.1 Å². The molecule has 0 aromatic heterocycles. The predicted octanol–water partition coefficient (Wildman–Crippen LogP) is 1.72. The molecule has 0 rings (SSSR count). The van der Waals surface area contributed by atoms with Crippen LogP contribution in [0, 0.1) is 0 Å². The van der Waals surface area contributed by atoms with Crippen LogP contribution in [-0.4, -0.2) is 26.2 Å². The van der Waals surface area contributed by atoms with Crippen LogP contribution in [0.25, 0.3) is 0 Å². The van der Waals surface area contributed by atoms with E-state index in [1.165, 1.54) is 13.5 Å². The fraction of sp³-hybridized carbons (Fsp3) is 0.900. The summed E-state index contributed by atoms with van der Waals surface area (Å²) >= 11 is 0. The molecule has 0 spiro atoms. The Hall–Kier alpha value is -0.570. The maximum Gasteiger partial charge on any atom is 0.305 e. The first-order chi connectivity index (χ1) is 6.31. The standard InChI is InChI=1S/C10H21NO2/c1-3-8-11-9-6-4-5-7-10(12)13-2/h11H,3-9H2,1-2H3. The maximum absolute atomic E-state index is 10.7. The van der Waals surface area contributed by atoms with Crippen LogP contribution in [0.15, 0.2) is 0 Å². The Morgan fingerprint density at radius 1 is 1.23 bits per heavy atom. The lowest BCUT2D eigenvalue weighted by Crippen LogP contribution is -2.15. The number of carbonyl (C=O) groups is 1. The van der Waals surface area contributed by atoms with Crippen molar-refractivity contribution in [1.82, 2.24) is 5.32 Å². The molecular formula is C10H21NO2. The van der Waals surface area contributed by atoms with E-state index < -0.39 is 0 Å². The average Bonchev–Trinajstić information content (AvgIpc) is 2.16. The lowest BCUT2D eigenvalue weighted by molar-refractivity contribution is -0.140. The van der Waals surface area contributed by atoms with Crippen LogP contribution in [0.1, 0.15) is 39.0 Å². The Labute approximate surface area is 80.8 Å². The van der Waals surface area contributed by atoms with Gasteiger partial charge in [0.2, 0.25) is 0 Å². The third-order valence-electron chi connectivity index (χ3n) is 1.89. The van der Waals surface area contributed by atoms with Crippen molar-refractivity contribution in [3.05, 3.63) is 0 Å². The molecule has 0 radical (unpaired) electrons. The molecule has 0 aliphatic heterocycles. The number of unbranched alkanes of at least 4 members (excludes halogenated alkanes) is 2. The van der Waals surface area contributed by atoms with Crippen molar-refractivity contribution in [3.63, 3.8) is 0 Å². The van der Waals surface area contributed by atoms with Gasteiger partial charge in [-0.2, -0.15) is 0 Å². The summed E-state index contributed by atoms with van der Waals surface area (Å²) in [6.45, 7) is 4.32. The molecule has 3 nitrogen and oxygen atoms in total. The van der Waals surface area contributed by atoms with Crippen LogP contribution in [-0.2, 0) is 9.53 Å². The summed E-state index contributed by atoms with van der Waals surface area (Å²) in [5.74, 6) is -0.0958. The average molecular weight is 187 g/mol. The summed E-state index contributed by atoms with van der Waals surface area (Å²) < 4.78 is 4.54. The second-order valence-electron chi connectivity index (χ2n) is 3.14. The van der Waals surface area contributed by atoms with Gasteiger partial charge >= 0.3 is 5.97 Å². The van der Waals surface area contributed by atoms with Crippen LogP contribution >= 0.6 is 0 Å². The first kappa shape index (κ1) is 12.4. The van der Waals surface area contributed by atoms with Gasteiger partial charge in [-0.25, -0.2) is 0 Å². The molecule has 3 heteroatoms. The van der Waals surface area contributed by atoms with Crippen molar-refractivity contribution < 1.29 is 9.53 Å². The molecule has 0 unspecified atom stereocenters. The van der Waals surface area contributed by atoms with Gasteiger partial charge in [-0.05, 0) is 32.4 Å². The summed E-state index contributed by atoms with van der Waals surface area (Å²) in [5.41, 5.74) is 0. The molecule has 0 aliphatic carbocycles. The molecule has 0 saturated carbocycles. The highest BCUT2D eigenvalue weighted by Gasteiger charge is 1.98. The smallest absolute Gasteiger partial charge is 0.305 e. The topological polar surface area (TPSA) is 38.3 Å².